The minimum atomic E-state index is -0.232. The highest BCUT2D eigenvalue weighted by Gasteiger charge is 2.06. The Morgan fingerprint density at radius 3 is 2.78 bits per heavy atom. The topological polar surface area (TPSA) is 91.2 Å². The lowest BCUT2D eigenvalue weighted by atomic mass is 10.2. The highest BCUT2D eigenvalue weighted by Crippen LogP contribution is 2.25. The Morgan fingerprint density at radius 2 is 2.00 bits per heavy atom. The van der Waals surface area contributed by atoms with Gasteiger partial charge in [-0.1, -0.05) is 30.0 Å². The first-order chi connectivity index (χ1) is 13.3. The summed E-state index contributed by atoms with van der Waals surface area (Å²) in [7, 11) is 1.58. The largest absolute Gasteiger partial charge is 0.493 e. The molecule has 0 saturated carbocycles. The van der Waals surface area contributed by atoms with E-state index in [1.807, 2.05) is 24.3 Å². The number of hydrogen-bond donors (Lipinski definition) is 1. The Bertz CT molecular complexity index is 961. The smallest absolute Gasteiger partial charge is 0.252 e. The van der Waals surface area contributed by atoms with E-state index in [1.54, 1.807) is 31.4 Å². The molecule has 3 rings (SSSR count). The average Bonchev–Trinajstić information content (AvgIpc) is 3.25. The molecule has 1 N–H and O–H groups in total. The maximum absolute atomic E-state index is 12.2. The van der Waals surface area contributed by atoms with Crippen molar-refractivity contribution in [2.24, 2.45) is 0 Å². The Balaban J connectivity index is 1.49. The number of ether oxygens (including phenoxy) is 2. The molecule has 0 radical (unpaired) electrons. The van der Waals surface area contributed by atoms with Crippen molar-refractivity contribution in [2.75, 3.05) is 20.3 Å². The summed E-state index contributed by atoms with van der Waals surface area (Å²) < 4.78 is 12.2. The number of methoxy groups -OCH3 is 1. The lowest BCUT2D eigenvalue weighted by molar-refractivity contribution is 0.0958. The molecule has 0 aliphatic heterocycles. The first-order valence-corrected chi connectivity index (χ1v) is 8.11. The van der Waals surface area contributed by atoms with E-state index in [-0.39, 0.29) is 19.1 Å². The fourth-order valence-electron chi connectivity index (χ4n) is 2.26. The average molecular weight is 363 g/mol. The van der Waals surface area contributed by atoms with Gasteiger partial charge in [0.15, 0.2) is 11.5 Å². The van der Waals surface area contributed by atoms with Gasteiger partial charge in [-0.15, -0.1) is 5.10 Å². The zero-order valence-corrected chi connectivity index (χ0v) is 14.6. The van der Waals surface area contributed by atoms with Gasteiger partial charge >= 0.3 is 0 Å². The quantitative estimate of drug-likeness (QED) is 0.667. The van der Waals surface area contributed by atoms with Crippen molar-refractivity contribution in [1.29, 1.82) is 0 Å². The molecule has 0 aliphatic carbocycles. The van der Waals surface area contributed by atoms with Gasteiger partial charge in [-0.05, 0) is 40.8 Å². The normalized spacial score (nSPS) is 9.81. The Kier molecular flexibility index (Phi) is 5.99. The van der Waals surface area contributed by atoms with Gasteiger partial charge in [0.25, 0.3) is 5.91 Å². The van der Waals surface area contributed by atoms with Crippen molar-refractivity contribution in [3.63, 3.8) is 0 Å². The van der Waals surface area contributed by atoms with Crippen LogP contribution in [-0.2, 0) is 0 Å². The van der Waals surface area contributed by atoms with Crippen LogP contribution >= 0.6 is 0 Å². The third kappa shape index (κ3) is 4.83. The van der Waals surface area contributed by atoms with Crippen LogP contribution < -0.4 is 14.8 Å². The molecule has 136 valence electrons. The maximum atomic E-state index is 12.2. The molecule has 1 amide bonds. The first kappa shape index (κ1) is 17.9. The van der Waals surface area contributed by atoms with Crippen LogP contribution in [-0.4, -0.2) is 46.4 Å². The summed E-state index contributed by atoms with van der Waals surface area (Å²) in [5, 5.41) is 13.7. The number of nitrogens with zero attached hydrogens (tertiary/aromatic N) is 4. The molecule has 0 fully saturated rings. The number of amides is 1. The predicted octanol–water partition coefficient (Wildman–Crippen LogP) is 1.48. The zero-order chi connectivity index (χ0) is 18.9. The number of carbonyl (C=O) groups is 1. The number of nitrogens with one attached hydrogen (secondary N) is 1. The molecule has 27 heavy (non-hydrogen) atoms. The van der Waals surface area contributed by atoms with Crippen molar-refractivity contribution in [1.82, 2.24) is 25.5 Å². The van der Waals surface area contributed by atoms with E-state index in [9.17, 15) is 4.79 Å². The molecule has 0 aliphatic rings. The molecular formula is C19H17N5O3. The Hall–Kier alpha value is -3.86. The summed E-state index contributed by atoms with van der Waals surface area (Å²) in [5.74, 6) is 6.74. The van der Waals surface area contributed by atoms with Gasteiger partial charge in [0, 0.05) is 5.56 Å². The lowest BCUT2D eigenvalue weighted by Crippen LogP contribution is -2.23. The van der Waals surface area contributed by atoms with Gasteiger partial charge in [-0.2, -0.15) is 0 Å². The number of carbonyl (C=O) groups excluding carboxylic acids is 1. The van der Waals surface area contributed by atoms with Crippen molar-refractivity contribution in [3.05, 3.63) is 60.4 Å². The fraction of sp³-hybridized carbons (Fsp3) is 0.158. The van der Waals surface area contributed by atoms with Crippen molar-refractivity contribution in [2.45, 2.75) is 0 Å². The van der Waals surface area contributed by atoms with Crippen LogP contribution in [0.2, 0.25) is 0 Å². The van der Waals surface area contributed by atoms with Crippen LogP contribution in [0.3, 0.4) is 0 Å². The van der Waals surface area contributed by atoms with Gasteiger partial charge in [0.1, 0.15) is 12.9 Å². The van der Waals surface area contributed by atoms with Gasteiger partial charge in [-0.25, -0.2) is 4.68 Å². The van der Waals surface area contributed by atoms with Crippen molar-refractivity contribution in [3.8, 4) is 29.0 Å². The van der Waals surface area contributed by atoms with Gasteiger partial charge < -0.3 is 14.8 Å². The third-order valence-electron chi connectivity index (χ3n) is 3.55. The predicted molar refractivity (Wildman–Crippen MR) is 97.8 cm³/mol. The maximum Gasteiger partial charge on any atom is 0.252 e. The molecule has 0 atom stereocenters. The van der Waals surface area contributed by atoms with E-state index in [1.165, 1.54) is 11.0 Å². The number of para-hydroxylation sites is 2. The van der Waals surface area contributed by atoms with E-state index in [4.69, 9.17) is 9.47 Å². The van der Waals surface area contributed by atoms with Crippen molar-refractivity contribution >= 4 is 5.91 Å². The van der Waals surface area contributed by atoms with Crippen molar-refractivity contribution < 1.29 is 14.3 Å². The van der Waals surface area contributed by atoms with E-state index >= 15 is 0 Å². The molecule has 8 heteroatoms. The molecule has 2 aromatic carbocycles. The summed E-state index contributed by atoms with van der Waals surface area (Å²) in [6, 6.07) is 14.3. The third-order valence-corrected chi connectivity index (χ3v) is 3.55. The van der Waals surface area contributed by atoms with E-state index in [0.717, 1.165) is 0 Å². The molecule has 3 aromatic rings. The van der Waals surface area contributed by atoms with E-state index in [0.29, 0.717) is 22.7 Å². The van der Waals surface area contributed by atoms with E-state index in [2.05, 4.69) is 32.7 Å². The lowest BCUT2D eigenvalue weighted by Gasteiger charge is -2.07. The molecule has 0 saturated heterocycles. The SMILES string of the molecule is COc1ccccc1OCC#CCNC(=O)c1cccc(-n2cnnn2)c1. The van der Waals surface area contributed by atoms with Crippen LogP contribution in [0.4, 0.5) is 0 Å². The second-order valence-electron chi connectivity index (χ2n) is 5.28. The summed E-state index contributed by atoms with van der Waals surface area (Å²) in [5.41, 5.74) is 1.19. The monoisotopic (exact) mass is 363 g/mol. The molecule has 0 bridgehead atoms. The molecule has 1 aromatic heterocycles. The minimum Gasteiger partial charge on any atom is -0.493 e. The Morgan fingerprint density at radius 1 is 1.15 bits per heavy atom. The zero-order valence-electron chi connectivity index (χ0n) is 14.6. The number of tetrazole rings is 1. The van der Waals surface area contributed by atoms with Crippen LogP contribution in [0.15, 0.2) is 54.9 Å². The molecule has 0 unspecified atom stereocenters. The summed E-state index contributed by atoms with van der Waals surface area (Å²) in [6.45, 7) is 0.411. The molecule has 8 nitrogen and oxygen atoms in total. The van der Waals surface area contributed by atoms with Crippen LogP contribution in [0.1, 0.15) is 10.4 Å². The Labute approximate surface area is 156 Å². The highest BCUT2D eigenvalue weighted by atomic mass is 16.5. The molecular weight excluding hydrogens is 346 g/mol. The number of rotatable bonds is 6. The van der Waals surface area contributed by atoms with E-state index < -0.39 is 0 Å². The molecule has 0 spiro atoms. The number of aromatic nitrogens is 4. The minimum absolute atomic E-state index is 0.199. The van der Waals surface area contributed by atoms with Crippen LogP contribution in [0.5, 0.6) is 11.5 Å². The number of hydrogen-bond acceptors (Lipinski definition) is 6. The second-order valence-corrected chi connectivity index (χ2v) is 5.28. The highest BCUT2D eigenvalue weighted by molar-refractivity contribution is 5.94. The number of benzene rings is 2. The first-order valence-electron chi connectivity index (χ1n) is 8.11. The van der Waals surface area contributed by atoms with Gasteiger partial charge in [0.2, 0.25) is 0 Å². The van der Waals surface area contributed by atoms with Crippen LogP contribution in [0, 0.1) is 11.8 Å². The summed E-state index contributed by atoms with van der Waals surface area (Å²) in [6.07, 6.45) is 1.46. The fourth-order valence-corrected chi connectivity index (χ4v) is 2.26. The second kappa shape index (κ2) is 9.01. The molecule has 1 heterocycles. The standard InChI is InChI=1S/C19H17N5O3/c1-26-17-9-2-3-10-18(17)27-12-5-4-11-20-19(25)15-7-6-8-16(13-15)24-14-21-22-23-24/h2-3,6-10,13-14H,11-12H2,1H3,(H,20,25). The van der Waals surface area contributed by atoms with Gasteiger partial charge in [-0.3, -0.25) is 4.79 Å². The summed E-state index contributed by atoms with van der Waals surface area (Å²) >= 11 is 0. The van der Waals surface area contributed by atoms with Crippen LogP contribution in [0.25, 0.3) is 5.69 Å². The summed E-state index contributed by atoms with van der Waals surface area (Å²) in [4.78, 5) is 12.2. The van der Waals surface area contributed by atoms with Gasteiger partial charge in [0.05, 0.1) is 19.3 Å².